The molecule has 4 N–H and O–H groups in total. The summed E-state index contributed by atoms with van der Waals surface area (Å²) in [6, 6.07) is 2.18. The Morgan fingerprint density at radius 2 is 2.24 bits per heavy atom. The van der Waals surface area contributed by atoms with Gasteiger partial charge in [0.1, 0.15) is 17.0 Å². The Hall–Kier alpha value is -1.66. The third-order valence-corrected chi connectivity index (χ3v) is 4.42. The van der Waals surface area contributed by atoms with Crippen LogP contribution in [0.25, 0.3) is 10.6 Å². The number of nitrogens with two attached hydrogens (primary N) is 2. The highest BCUT2D eigenvalue weighted by molar-refractivity contribution is 7.13. The van der Waals surface area contributed by atoms with Crippen LogP contribution >= 0.6 is 11.3 Å². The Bertz CT molecular complexity index is 616. The molecule has 0 aliphatic rings. The number of amides is 1. The van der Waals surface area contributed by atoms with Crippen molar-refractivity contribution in [3.8, 4) is 10.6 Å². The molecule has 0 radical (unpaired) electrons. The minimum atomic E-state index is -0.485. The Balaban J connectivity index is 2.18. The molecule has 2 heterocycles. The van der Waals surface area contributed by atoms with Crippen LogP contribution in [0.3, 0.4) is 0 Å². The number of hydrogen-bond acceptors (Lipinski definition) is 5. The Labute approximate surface area is 128 Å². The molecule has 0 saturated heterocycles. The smallest absolute Gasteiger partial charge is 0.254 e. The molecular weight excluding hydrogens is 286 g/mol. The zero-order chi connectivity index (χ0) is 15.4. The zero-order valence-corrected chi connectivity index (χ0v) is 13.2. The fraction of sp³-hybridized carbons (Fsp3) is 0.467. The monoisotopic (exact) mass is 307 g/mol. The van der Waals surface area contributed by atoms with E-state index in [9.17, 15) is 4.79 Å². The number of carbonyl (C=O) groups is 1. The predicted molar refractivity (Wildman–Crippen MR) is 84.3 cm³/mol. The number of carbonyl (C=O) groups excluding carboxylic acids is 1. The summed E-state index contributed by atoms with van der Waals surface area (Å²) in [6.45, 7) is 3.97. The van der Waals surface area contributed by atoms with Crippen molar-refractivity contribution in [2.24, 2.45) is 11.5 Å². The molecule has 1 unspecified atom stereocenters. The second-order valence-electron chi connectivity index (χ2n) is 5.35. The van der Waals surface area contributed by atoms with Gasteiger partial charge in [0.25, 0.3) is 5.91 Å². The predicted octanol–water partition coefficient (Wildman–Crippen LogP) is 2.87. The average molecular weight is 307 g/mol. The SMILES string of the molecule is Cc1ccsc1-c1noc(CCCCC(C)N)c1C(N)=O. The molecule has 0 bridgehead atoms. The van der Waals surface area contributed by atoms with E-state index >= 15 is 0 Å². The summed E-state index contributed by atoms with van der Waals surface area (Å²) in [6.07, 6.45) is 3.50. The van der Waals surface area contributed by atoms with E-state index in [1.165, 1.54) is 11.3 Å². The van der Waals surface area contributed by atoms with Crippen molar-refractivity contribution in [2.45, 2.75) is 45.6 Å². The maximum Gasteiger partial charge on any atom is 0.254 e. The molecule has 2 aromatic rings. The second-order valence-corrected chi connectivity index (χ2v) is 6.27. The van der Waals surface area contributed by atoms with Gasteiger partial charge in [0.2, 0.25) is 0 Å². The van der Waals surface area contributed by atoms with Gasteiger partial charge in [-0.25, -0.2) is 0 Å². The number of rotatable bonds is 7. The second kappa shape index (κ2) is 6.87. The molecule has 0 aromatic carbocycles. The van der Waals surface area contributed by atoms with Gasteiger partial charge in [-0.15, -0.1) is 11.3 Å². The number of nitrogens with zero attached hydrogens (tertiary/aromatic N) is 1. The lowest BCUT2D eigenvalue weighted by atomic mass is 10.0. The van der Waals surface area contributed by atoms with Gasteiger partial charge in [-0.05, 0) is 43.7 Å². The van der Waals surface area contributed by atoms with Gasteiger partial charge >= 0.3 is 0 Å². The molecule has 2 rings (SSSR count). The van der Waals surface area contributed by atoms with Crippen molar-refractivity contribution < 1.29 is 9.32 Å². The number of hydrogen-bond donors (Lipinski definition) is 2. The molecule has 0 saturated carbocycles. The van der Waals surface area contributed by atoms with Crippen molar-refractivity contribution in [2.75, 3.05) is 0 Å². The summed E-state index contributed by atoms with van der Waals surface area (Å²) in [5.74, 6) is 0.0937. The molecule has 21 heavy (non-hydrogen) atoms. The highest BCUT2D eigenvalue weighted by Crippen LogP contribution is 2.32. The van der Waals surface area contributed by atoms with E-state index in [4.69, 9.17) is 16.0 Å². The molecule has 0 spiro atoms. The van der Waals surface area contributed by atoms with Crippen molar-refractivity contribution >= 4 is 17.2 Å². The van der Waals surface area contributed by atoms with E-state index in [0.29, 0.717) is 23.4 Å². The van der Waals surface area contributed by atoms with Crippen molar-refractivity contribution in [3.05, 3.63) is 28.3 Å². The van der Waals surface area contributed by atoms with Gasteiger partial charge in [-0.2, -0.15) is 0 Å². The van der Waals surface area contributed by atoms with Crippen molar-refractivity contribution in [1.82, 2.24) is 5.16 Å². The van der Waals surface area contributed by atoms with Crippen LogP contribution in [0.1, 0.15) is 47.9 Å². The number of aromatic nitrogens is 1. The van der Waals surface area contributed by atoms with Crippen molar-refractivity contribution in [1.29, 1.82) is 0 Å². The van der Waals surface area contributed by atoms with E-state index < -0.39 is 5.91 Å². The quantitative estimate of drug-likeness (QED) is 0.769. The van der Waals surface area contributed by atoms with E-state index in [1.807, 2.05) is 25.3 Å². The van der Waals surface area contributed by atoms with Gasteiger partial charge in [-0.3, -0.25) is 4.79 Å². The third-order valence-electron chi connectivity index (χ3n) is 3.40. The first-order chi connectivity index (χ1) is 10.0. The number of primary amides is 1. The normalized spacial score (nSPS) is 12.5. The summed E-state index contributed by atoms with van der Waals surface area (Å²) in [7, 11) is 0. The van der Waals surface area contributed by atoms with Gasteiger partial charge < -0.3 is 16.0 Å². The van der Waals surface area contributed by atoms with Crippen LogP contribution in [0.4, 0.5) is 0 Å². The van der Waals surface area contributed by atoms with E-state index in [-0.39, 0.29) is 6.04 Å². The third kappa shape index (κ3) is 3.71. The average Bonchev–Trinajstić information content (AvgIpc) is 3.00. The van der Waals surface area contributed by atoms with Gasteiger partial charge in [0.05, 0.1) is 4.88 Å². The maximum atomic E-state index is 11.8. The standard InChI is InChI=1S/C15H21N3O2S/c1-9-7-8-21-14(9)13-12(15(17)19)11(20-18-13)6-4-3-5-10(2)16/h7-8,10H,3-6,16H2,1-2H3,(H2,17,19). The molecule has 114 valence electrons. The zero-order valence-electron chi connectivity index (χ0n) is 12.4. The van der Waals surface area contributed by atoms with Gasteiger partial charge in [-0.1, -0.05) is 11.6 Å². The minimum absolute atomic E-state index is 0.194. The molecule has 2 aromatic heterocycles. The molecule has 0 aliphatic heterocycles. The summed E-state index contributed by atoms with van der Waals surface area (Å²) in [4.78, 5) is 12.7. The van der Waals surface area contributed by atoms with Crippen LogP contribution < -0.4 is 11.5 Å². The van der Waals surface area contributed by atoms with Crippen LogP contribution in [0, 0.1) is 6.92 Å². The maximum absolute atomic E-state index is 11.8. The summed E-state index contributed by atoms with van der Waals surface area (Å²) >= 11 is 1.53. The number of unbranched alkanes of at least 4 members (excludes halogenated alkanes) is 1. The Kier molecular flexibility index (Phi) is 5.14. The fourth-order valence-corrected chi connectivity index (χ4v) is 3.18. The molecule has 6 heteroatoms. The molecule has 0 fully saturated rings. The van der Waals surface area contributed by atoms with E-state index in [1.54, 1.807) is 0 Å². The van der Waals surface area contributed by atoms with Crippen LogP contribution in [-0.4, -0.2) is 17.1 Å². The molecule has 1 amide bonds. The molecule has 0 aliphatic carbocycles. The lowest BCUT2D eigenvalue weighted by molar-refractivity contribution is 0.0999. The minimum Gasteiger partial charge on any atom is -0.365 e. The van der Waals surface area contributed by atoms with Crippen molar-refractivity contribution in [3.63, 3.8) is 0 Å². The van der Waals surface area contributed by atoms with Crippen LogP contribution in [0.2, 0.25) is 0 Å². The van der Waals surface area contributed by atoms with E-state index in [2.05, 4.69) is 5.16 Å². The molecule has 5 nitrogen and oxygen atoms in total. The van der Waals surface area contributed by atoms with Crippen LogP contribution in [0.5, 0.6) is 0 Å². The summed E-state index contributed by atoms with van der Waals surface area (Å²) < 4.78 is 5.37. The summed E-state index contributed by atoms with van der Waals surface area (Å²) in [5.41, 5.74) is 13.3. The summed E-state index contributed by atoms with van der Waals surface area (Å²) in [5, 5.41) is 6.03. The highest BCUT2D eigenvalue weighted by Gasteiger charge is 2.23. The van der Waals surface area contributed by atoms with E-state index in [0.717, 1.165) is 29.7 Å². The topological polar surface area (TPSA) is 95.1 Å². The first-order valence-corrected chi connectivity index (χ1v) is 7.97. The largest absolute Gasteiger partial charge is 0.365 e. The van der Waals surface area contributed by atoms with Crippen LogP contribution in [-0.2, 0) is 6.42 Å². The van der Waals surface area contributed by atoms with Crippen LogP contribution in [0.15, 0.2) is 16.0 Å². The van der Waals surface area contributed by atoms with Gasteiger partial charge in [0, 0.05) is 12.5 Å². The lowest BCUT2D eigenvalue weighted by Gasteiger charge is -2.03. The number of aryl methyl sites for hydroxylation is 2. The Morgan fingerprint density at radius 1 is 1.48 bits per heavy atom. The first kappa shape index (κ1) is 15.7. The number of thiophene rings is 1. The lowest BCUT2D eigenvalue weighted by Crippen LogP contribution is -2.15. The molecule has 1 atom stereocenters. The highest BCUT2D eigenvalue weighted by atomic mass is 32.1. The first-order valence-electron chi connectivity index (χ1n) is 7.09. The Morgan fingerprint density at radius 3 is 2.81 bits per heavy atom. The fourth-order valence-electron chi connectivity index (χ4n) is 2.27. The van der Waals surface area contributed by atoms with Gasteiger partial charge in [0.15, 0.2) is 0 Å². The molecular formula is C15H21N3O2S.